The summed E-state index contributed by atoms with van der Waals surface area (Å²) in [5.74, 6) is -0.727. The molecule has 3 rings (SSSR count). The molecular weight excluding hydrogens is 406 g/mol. The minimum atomic E-state index is -1.02. The van der Waals surface area contributed by atoms with Crippen molar-refractivity contribution in [2.75, 3.05) is 26.4 Å². The van der Waals surface area contributed by atoms with Crippen molar-refractivity contribution in [3.63, 3.8) is 0 Å². The van der Waals surface area contributed by atoms with Gasteiger partial charge in [0.25, 0.3) is 5.91 Å². The molecule has 1 aromatic carbocycles. The van der Waals surface area contributed by atoms with E-state index in [9.17, 15) is 14.9 Å². The molecule has 0 saturated carbocycles. The van der Waals surface area contributed by atoms with Crippen LogP contribution in [0.25, 0.3) is 6.08 Å². The third-order valence-electron chi connectivity index (χ3n) is 4.71. The Morgan fingerprint density at radius 2 is 2.27 bits per heavy atom. The number of carboxylic acids is 1. The van der Waals surface area contributed by atoms with Crippen molar-refractivity contribution < 1.29 is 24.2 Å². The van der Waals surface area contributed by atoms with Crippen molar-refractivity contribution in [3.05, 3.63) is 51.5 Å². The monoisotopic (exact) mass is 427 g/mol. The van der Waals surface area contributed by atoms with E-state index in [0.29, 0.717) is 23.7 Å². The number of nitriles is 1. The van der Waals surface area contributed by atoms with Gasteiger partial charge in [-0.15, -0.1) is 11.3 Å². The molecule has 2 aromatic rings. The van der Waals surface area contributed by atoms with Gasteiger partial charge in [-0.05, 0) is 42.7 Å². The molecule has 1 aliphatic rings. The van der Waals surface area contributed by atoms with Crippen molar-refractivity contribution in [1.82, 2.24) is 9.88 Å². The Bertz CT molecular complexity index is 981. The maximum atomic E-state index is 13.0. The second-order valence-electron chi connectivity index (χ2n) is 6.62. The highest BCUT2D eigenvalue weighted by atomic mass is 32.1. The number of rotatable bonds is 8. The van der Waals surface area contributed by atoms with Crippen molar-refractivity contribution in [1.29, 1.82) is 5.26 Å². The van der Waals surface area contributed by atoms with Crippen LogP contribution >= 0.6 is 11.3 Å². The molecule has 2 heterocycles. The third-order valence-corrected chi connectivity index (χ3v) is 5.43. The van der Waals surface area contributed by atoms with E-state index in [1.807, 2.05) is 31.2 Å². The van der Waals surface area contributed by atoms with E-state index in [4.69, 9.17) is 14.6 Å². The van der Waals surface area contributed by atoms with Gasteiger partial charge in [-0.25, -0.2) is 9.78 Å². The molecule has 1 atom stereocenters. The Morgan fingerprint density at radius 1 is 1.43 bits per heavy atom. The van der Waals surface area contributed by atoms with Crippen molar-refractivity contribution in [2.24, 2.45) is 0 Å². The Kier molecular flexibility index (Phi) is 7.17. The van der Waals surface area contributed by atoms with E-state index in [1.54, 1.807) is 16.5 Å². The first kappa shape index (κ1) is 21.5. The highest BCUT2D eigenvalue weighted by Crippen LogP contribution is 2.33. The highest BCUT2D eigenvalue weighted by Gasteiger charge is 2.30. The van der Waals surface area contributed by atoms with Crippen LogP contribution in [0.2, 0.25) is 0 Å². The molecule has 0 bridgehead atoms. The largest absolute Gasteiger partial charge is 0.491 e. The second-order valence-corrected chi connectivity index (χ2v) is 7.55. The predicted molar refractivity (Wildman–Crippen MR) is 110 cm³/mol. The van der Waals surface area contributed by atoms with Crippen molar-refractivity contribution in [3.8, 4) is 11.8 Å². The fourth-order valence-corrected chi connectivity index (χ4v) is 3.83. The Hall–Kier alpha value is -3.22. The number of carbonyl (C=O) groups is 2. The number of hydrogen-bond acceptors (Lipinski definition) is 7. The van der Waals surface area contributed by atoms with Gasteiger partial charge in [0.1, 0.15) is 35.6 Å². The molecular formula is C21H21N3O5S. The summed E-state index contributed by atoms with van der Waals surface area (Å²) in [7, 11) is 0. The molecule has 0 radical (unpaired) electrons. The molecule has 1 amide bonds. The van der Waals surface area contributed by atoms with E-state index in [0.717, 1.165) is 11.1 Å². The van der Waals surface area contributed by atoms with Crippen LogP contribution in [-0.2, 0) is 20.7 Å². The number of aliphatic carboxylic acids is 1. The number of carboxylic acid groups (broad SMARTS) is 1. The number of fused-ring (bicyclic) bond motifs is 1. The van der Waals surface area contributed by atoms with E-state index >= 15 is 0 Å². The van der Waals surface area contributed by atoms with Gasteiger partial charge >= 0.3 is 5.97 Å². The van der Waals surface area contributed by atoms with Crippen molar-refractivity contribution in [2.45, 2.75) is 19.4 Å². The van der Waals surface area contributed by atoms with Crippen molar-refractivity contribution >= 4 is 29.3 Å². The summed E-state index contributed by atoms with van der Waals surface area (Å²) < 4.78 is 10.6. The molecule has 8 nitrogen and oxygen atoms in total. The zero-order valence-corrected chi connectivity index (χ0v) is 17.2. The van der Waals surface area contributed by atoms with Gasteiger partial charge in [0, 0.05) is 18.1 Å². The predicted octanol–water partition coefficient (Wildman–Crippen LogP) is 2.68. The fraction of sp³-hybridized carbons (Fsp3) is 0.333. The lowest BCUT2D eigenvalue weighted by atomic mass is 9.92. The van der Waals surface area contributed by atoms with Crippen LogP contribution < -0.4 is 4.74 Å². The Balaban J connectivity index is 1.69. The van der Waals surface area contributed by atoms with E-state index in [2.05, 4.69) is 4.98 Å². The summed E-state index contributed by atoms with van der Waals surface area (Å²) in [5.41, 5.74) is 2.15. The number of hydrogen-bond donors (Lipinski definition) is 1. The van der Waals surface area contributed by atoms with Gasteiger partial charge in [0.05, 0.1) is 12.6 Å². The zero-order chi connectivity index (χ0) is 21.5. The van der Waals surface area contributed by atoms with Crippen LogP contribution in [0.15, 0.2) is 35.3 Å². The smallest absolute Gasteiger partial charge is 0.329 e. The molecule has 0 aliphatic carbocycles. The summed E-state index contributed by atoms with van der Waals surface area (Å²) in [5, 5.41) is 20.4. The molecule has 156 valence electrons. The number of aromatic nitrogens is 1. The minimum absolute atomic E-state index is 0.0585. The lowest BCUT2D eigenvalue weighted by Gasteiger charge is -2.35. The normalized spacial score (nSPS) is 15.9. The molecule has 1 unspecified atom stereocenters. The molecule has 9 heteroatoms. The van der Waals surface area contributed by atoms with Crippen LogP contribution in [0, 0.1) is 11.3 Å². The van der Waals surface area contributed by atoms with Gasteiger partial charge in [-0.3, -0.25) is 4.79 Å². The SMILES string of the molecule is CC1c2cc(OCCOCC(=O)O)ccc2CCN1C(=O)C(C#N)=Cc1nccs1. The first-order valence-corrected chi connectivity index (χ1v) is 10.2. The van der Waals surface area contributed by atoms with E-state index in [1.165, 1.54) is 17.4 Å². The maximum absolute atomic E-state index is 13.0. The molecule has 1 N–H and O–H groups in total. The molecule has 30 heavy (non-hydrogen) atoms. The zero-order valence-electron chi connectivity index (χ0n) is 16.4. The van der Waals surface area contributed by atoms with E-state index < -0.39 is 5.97 Å². The van der Waals surface area contributed by atoms with Crippen LogP contribution in [0.3, 0.4) is 0 Å². The summed E-state index contributed by atoms with van der Waals surface area (Å²) >= 11 is 1.37. The number of nitrogens with zero attached hydrogens (tertiary/aromatic N) is 3. The molecule has 1 aliphatic heterocycles. The first-order valence-electron chi connectivity index (χ1n) is 9.37. The second kappa shape index (κ2) is 10.0. The topological polar surface area (TPSA) is 113 Å². The Morgan fingerprint density at radius 3 is 2.97 bits per heavy atom. The van der Waals surface area contributed by atoms with Crippen LogP contribution in [0.4, 0.5) is 0 Å². The quantitative estimate of drug-likeness (QED) is 0.391. The minimum Gasteiger partial charge on any atom is -0.491 e. The van der Waals surface area contributed by atoms with Crippen LogP contribution in [0.1, 0.15) is 29.1 Å². The average molecular weight is 427 g/mol. The summed E-state index contributed by atoms with van der Waals surface area (Å²) in [6.07, 6.45) is 3.83. The lowest BCUT2D eigenvalue weighted by Crippen LogP contribution is -2.39. The lowest BCUT2D eigenvalue weighted by molar-refractivity contribution is -0.142. The van der Waals surface area contributed by atoms with Crippen LogP contribution in [0.5, 0.6) is 5.75 Å². The van der Waals surface area contributed by atoms with Crippen LogP contribution in [-0.4, -0.2) is 53.2 Å². The first-order chi connectivity index (χ1) is 14.5. The summed E-state index contributed by atoms with van der Waals surface area (Å²) in [4.78, 5) is 29.2. The average Bonchev–Trinajstić information content (AvgIpc) is 3.25. The highest BCUT2D eigenvalue weighted by molar-refractivity contribution is 7.10. The van der Waals surface area contributed by atoms with Gasteiger partial charge < -0.3 is 19.5 Å². The Labute approximate surface area is 178 Å². The number of ether oxygens (including phenoxy) is 2. The summed E-state index contributed by atoms with van der Waals surface area (Å²) in [6.45, 7) is 2.47. The molecule has 0 fully saturated rings. The van der Waals surface area contributed by atoms with Gasteiger partial charge in [0.15, 0.2) is 0 Å². The number of thiazole rings is 1. The molecule has 0 saturated heterocycles. The van der Waals surface area contributed by atoms with Gasteiger partial charge in [-0.2, -0.15) is 5.26 Å². The molecule has 1 aromatic heterocycles. The number of benzene rings is 1. The van der Waals surface area contributed by atoms with Gasteiger partial charge in [0.2, 0.25) is 0 Å². The van der Waals surface area contributed by atoms with Gasteiger partial charge in [-0.1, -0.05) is 6.07 Å². The molecule has 0 spiro atoms. The third kappa shape index (κ3) is 5.23. The van der Waals surface area contributed by atoms with E-state index in [-0.39, 0.29) is 37.3 Å². The maximum Gasteiger partial charge on any atom is 0.329 e. The number of carbonyl (C=O) groups excluding carboxylic acids is 1. The number of amides is 1. The fourth-order valence-electron chi connectivity index (χ4n) is 3.26. The standard InChI is InChI=1S/C21H21N3O5S/c1-14-18-11-17(29-8-7-28-13-20(25)26)3-2-15(18)4-6-24(14)21(27)16(12-22)10-19-23-5-9-30-19/h2-3,5,9-11,14H,4,6-8,13H2,1H3,(H,25,26). The summed E-state index contributed by atoms with van der Waals surface area (Å²) in [6, 6.07) is 7.48.